The Kier molecular flexibility index (Phi) is 2.84. The fourth-order valence-electron chi connectivity index (χ4n) is 0.971. The van der Waals surface area contributed by atoms with Gasteiger partial charge in [-0.05, 0) is 19.2 Å². The first-order valence-corrected chi connectivity index (χ1v) is 3.67. The number of nitrogens with one attached hydrogen (secondary N) is 1. The van der Waals surface area contributed by atoms with E-state index in [0.717, 1.165) is 0 Å². The van der Waals surface area contributed by atoms with E-state index in [2.05, 4.69) is 11.2 Å². The van der Waals surface area contributed by atoms with Crippen LogP contribution in [0.25, 0.3) is 0 Å². The van der Waals surface area contributed by atoms with Crippen LogP contribution in [0.1, 0.15) is 11.1 Å². The molecule has 0 saturated carbocycles. The van der Waals surface area contributed by atoms with E-state index in [4.69, 9.17) is 6.42 Å². The minimum atomic E-state index is -0.250. The lowest BCUT2D eigenvalue weighted by Crippen LogP contribution is -2.06. The second-order valence-electron chi connectivity index (χ2n) is 2.48. The molecule has 0 aliphatic carbocycles. The molecule has 0 amide bonds. The van der Waals surface area contributed by atoms with Gasteiger partial charge in [0.05, 0.1) is 0 Å². The van der Waals surface area contributed by atoms with Crippen LogP contribution in [-0.4, -0.2) is 7.05 Å². The van der Waals surface area contributed by atoms with Crippen LogP contribution < -0.4 is 5.32 Å². The molecule has 0 aliphatic rings. The predicted molar refractivity (Wildman–Crippen MR) is 47.1 cm³/mol. The zero-order chi connectivity index (χ0) is 8.97. The van der Waals surface area contributed by atoms with Crippen LogP contribution in [0.2, 0.25) is 0 Å². The summed E-state index contributed by atoms with van der Waals surface area (Å²) in [7, 11) is 1.77. The minimum Gasteiger partial charge on any atom is -0.316 e. The van der Waals surface area contributed by atoms with Gasteiger partial charge in [-0.25, -0.2) is 4.39 Å². The lowest BCUT2D eigenvalue weighted by Gasteiger charge is -2.01. The van der Waals surface area contributed by atoms with E-state index in [1.807, 2.05) is 0 Å². The van der Waals surface area contributed by atoms with Gasteiger partial charge in [-0.2, -0.15) is 0 Å². The van der Waals surface area contributed by atoms with Gasteiger partial charge in [-0.15, -0.1) is 6.42 Å². The average Bonchev–Trinajstić information content (AvgIpc) is 2.09. The highest BCUT2D eigenvalue weighted by atomic mass is 19.1. The van der Waals surface area contributed by atoms with Crippen LogP contribution in [0.3, 0.4) is 0 Å². The molecule has 0 saturated heterocycles. The summed E-state index contributed by atoms with van der Waals surface area (Å²) in [5.41, 5.74) is 1.21. The monoisotopic (exact) mass is 163 g/mol. The molecule has 12 heavy (non-hydrogen) atoms. The van der Waals surface area contributed by atoms with E-state index in [0.29, 0.717) is 17.7 Å². The van der Waals surface area contributed by atoms with Gasteiger partial charge in [0.15, 0.2) is 0 Å². The largest absolute Gasteiger partial charge is 0.316 e. The van der Waals surface area contributed by atoms with Crippen molar-refractivity contribution in [1.82, 2.24) is 5.32 Å². The van der Waals surface area contributed by atoms with E-state index >= 15 is 0 Å². The number of terminal acetylenes is 1. The molecule has 0 heterocycles. The highest BCUT2D eigenvalue weighted by Gasteiger charge is 2.00. The Morgan fingerprint density at radius 3 is 2.83 bits per heavy atom. The molecule has 0 aliphatic heterocycles. The Morgan fingerprint density at radius 1 is 1.58 bits per heavy atom. The summed E-state index contributed by atoms with van der Waals surface area (Å²) in [4.78, 5) is 0. The maximum absolute atomic E-state index is 13.1. The van der Waals surface area contributed by atoms with Crippen molar-refractivity contribution in [3.8, 4) is 12.3 Å². The molecule has 1 N–H and O–H groups in total. The average molecular weight is 163 g/mol. The smallest absolute Gasteiger partial charge is 0.128 e. The van der Waals surface area contributed by atoms with Crippen molar-refractivity contribution in [3.63, 3.8) is 0 Å². The van der Waals surface area contributed by atoms with Gasteiger partial charge in [0.1, 0.15) is 5.82 Å². The maximum atomic E-state index is 13.1. The number of halogens is 1. The van der Waals surface area contributed by atoms with E-state index in [9.17, 15) is 4.39 Å². The summed E-state index contributed by atoms with van der Waals surface area (Å²) >= 11 is 0. The minimum absolute atomic E-state index is 0.250. The van der Waals surface area contributed by atoms with Gasteiger partial charge >= 0.3 is 0 Å². The van der Waals surface area contributed by atoms with Crippen molar-refractivity contribution in [2.45, 2.75) is 6.54 Å². The molecule has 1 nitrogen and oxygen atoms in total. The number of rotatable bonds is 2. The molecule has 2 heteroatoms. The lowest BCUT2D eigenvalue weighted by atomic mass is 10.1. The summed E-state index contributed by atoms with van der Waals surface area (Å²) < 4.78 is 13.1. The molecule has 1 rings (SSSR count). The first-order chi connectivity index (χ1) is 5.77. The van der Waals surface area contributed by atoms with Crippen molar-refractivity contribution in [3.05, 3.63) is 35.1 Å². The molecule has 62 valence electrons. The fourth-order valence-corrected chi connectivity index (χ4v) is 0.971. The highest BCUT2D eigenvalue weighted by molar-refractivity contribution is 5.35. The van der Waals surface area contributed by atoms with E-state index in [1.54, 1.807) is 19.2 Å². The third-order valence-electron chi connectivity index (χ3n) is 1.59. The molecular formula is C10H10FN. The Labute approximate surface area is 71.6 Å². The number of benzene rings is 1. The van der Waals surface area contributed by atoms with Gasteiger partial charge in [-0.3, -0.25) is 0 Å². The predicted octanol–water partition coefficient (Wildman–Crippen LogP) is 1.53. The summed E-state index contributed by atoms with van der Waals surface area (Å²) in [6.45, 7) is 0.524. The SMILES string of the molecule is C#Cc1ccc(CNC)c(F)c1. The second-order valence-corrected chi connectivity index (χ2v) is 2.48. The topological polar surface area (TPSA) is 12.0 Å². The first-order valence-electron chi connectivity index (χ1n) is 3.67. The summed E-state index contributed by atoms with van der Waals surface area (Å²) in [5.74, 6) is 2.13. The van der Waals surface area contributed by atoms with Crippen LogP contribution in [0.5, 0.6) is 0 Å². The Hall–Kier alpha value is -1.33. The molecule has 0 radical (unpaired) electrons. The fraction of sp³-hybridized carbons (Fsp3) is 0.200. The standard InChI is InChI=1S/C10H10FN/c1-3-8-4-5-9(7-12-2)10(11)6-8/h1,4-6,12H,7H2,2H3. The summed E-state index contributed by atoms with van der Waals surface area (Å²) in [6.07, 6.45) is 5.11. The van der Waals surface area contributed by atoms with Gasteiger partial charge < -0.3 is 5.32 Å². The summed E-state index contributed by atoms with van der Waals surface area (Å²) in [6, 6.07) is 4.80. The lowest BCUT2D eigenvalue weighted by molar-refractivity contribution is 0.600. The van der Waals surface area contributed by atoms with E-state index in [-0.39, 0.29) is 5.82 Å². The van der Waals surface area contributed by atoms with Gasteiger partial charge in [0, 0.05) is 17.7 Å². The van der Waals surface area contributed by atoms with Crippen molar-refractivity contribution in [2.24, 2.45) is 0 Å². The molecule has 1 aromatic carbocycles. The molecule has 1 aromatic rings. The van der Waals surface area contributed by atoms with Crippen molar-refractivity contribution in [2.75, 3.05) is 7.05 Å². The van der Waals surface area contributed by atoms with Crippen molar-refractivity contribution in [1.29, 1.82) is 0 Å². The van der Waals surface area contributed by atoms with Crippen LogP contribution in [0.15, 0.2) is 18.2 Å². The van der Waals surface area contributed by atoms with Crippen LogP contribution >= 0.6 is 0 Å². The van der Waals surface area contributed by atoms with Crippen molar-refractivity contribution < 1.29 is 4.39 Å². The molecule has 0 spiro atoms. The number of hydrogen-bond donors (Lipinski definition) is 1. The Balaban J connectivity index is 2.97. The third kappa shape index (κ3) is 1.84. The quantitative estimate of drug-likeness (QED) is 0.652. The van der Waals surface area contributed by atoms with Crippen LogP contribution in [0, 0.1) is 18.2 Å². The third-order valence-corrected chi connectivity index (χ3v) is 1.59. The van der Waals surface area contributed by atoms with Gasteiger partial charge in [0.25, 0.3) is 0 Å². The second kappa shape index (κ2) is 3.89. The normalized spacial score (nSPS) is 9.42. The Morgan fingerprint density at radius 2 is 2.33 bits per heavy atom. The molecule has 0 aromatic heterocycles. The zero-order valence-electron chi connectivity index (χ0n) is 6.89. The number of hydrogen-bond acceptors (Lipinski definition) is 1. The molecule has 0 bridgehead atoms. The maximum Gasteiger partial charge on any atom is 0.128 e. The van der Waals surface area contributed by atoms with Crippen LogP contribution in [0.4, 0.5) is 4.39 Å². The van der Waals surface area contributed by atoms with Gasteiger partial charge in [0.2, 0.25) is 0 Å². The molecule has 0 fully saturated rings. The zero-order valence-corrected chi connectivity index (χ0v) is 6.89. The van der Waals surface area contributed by atoms with Crippen LogP contribution in [-0.2, 0) is 6.54 Å². The molecule has 0 unspecified atom stereocenters. The van der Waals surface area contributed by atoms with Gasteiger partial charge in [-0.1, -0.05) is 12.0 Å². The van der Waals surface area contributed by atoms with Crippen molar-refractivity contribution >= 4 is 0 Å². The first kappa shape index (κ1) is 8.76. The molecular weight excluding hydrogens is 153 g/mol. The molecule has 0 atom stereocenters. The summed E-state index contributed by atoms with van der Waals surface area (Å²) in [5, 5.41) is 2.87. The van der Waals surface area contributed by atoms with E-state index < -0.39 is 0 Å². The highest BCUT2D eigenvalue weighted by Crippen LogP contribution is 2.09. The Bertz CT molecular complexity index is 312. The van der Waals surface area contributed by atoms with E-state index in [1.165, 1.54) is 6.07 Å².